The first kappa shape index (κ1) is 11.4. The van der Waals surface area contributed by atoms with Gasteiger partial charge in [0, 0.05) is 22.2 Å². The van der Waals surface area contributed by atoms with E-state index in [0.29, 0.717) is 0 Å². The van der Waals surface area contributed by atoms with E-state index in [-0.39, 0.29) is 17.0 Å². The maximum Gasteiger partial charge on any atom is 0.0439 e. The molecule has 1 aromatic heterocycles. The molecule has 62 valence electrons. The van der Waals surface area contributed by atoms with Crippen molar-refractivity contribution in [2.45, 2.75) is 6.42 Å². The van der Waals surface area contributed by atoms with Crippen LogP contribution in [-0.4, -0.2) is 10.3 Å². The highest BCUT2D eigenvalue weighted by Crippen LogP contribution is 2.08. The molecule has 1 heterocycles. The van der Waals surface area contributed by atoms with E-state index in [4.69, 9.17) is 11.6 Å². The molecule has 0 aliphatic heterocycles. The highest BCUT2D eigenvalue weighted by molar-refractivity contribution is 9.09. The van der Waals surface area contributed by atoms with Crippen molar-refractivity contribution >= 4 is 44.5 Å². The van der Waals surface area contributed by atoms with Crippen LogP contribution < -0.4 is 0 Å². The Labute approximate surface area is 90.1 Å². The van der Waals surface area contributed by atoms with Crippen LogP contribution in [0, 0.1) is 0 Å². The van der Waals surface area contributed by atoms with Crippen molar-refractivity contribution in [2.24, 2.45) is 0 Å². The second-order valence-corrected chi connectivity index (χ2v) is 3.13. The number of nitrogens with zero attached hydrogens (tertiary/aromatic N) is 1. The molecule has 11 heavy (non-hydrogen) atoms. The molecule has 0 atom stereocenters. The van der Waals surface area contributed by atoms with E-state index in [1.807, 2.05) is 6.07 Å². The predicted molar refractivity (Wildman–Crippen MR) is 57.1 cm³/mol. The number of halogens is 3. The monoisotopic (exact) mass is 299 g/mol. The standard InChI is InChI=1S/C7H7BrClN.BrH/c8-3-1-7-5-6(9)2-4-10-7;/h2,4-5H,1,3H2;1H. The highest BCUT2D eigenvalue weighted by atomic mass is 79.9. The predicted octanol–water partition coefficient (Wildman–Crippen LogP) is 3.25. The quantitative estimate of drug-likeness (QED) is 0.764. The summed E-state index contributed by atoms with van der Waals surface area (Å²) in [6.45, 7) is 0. The lowest BCUT2D eigenvalue weighted by molar-refractivity contribution is 1.05. The first-order valence-electron chi connectivity index (χ1n) is 2.99. The lowest BCUT2D eigenvalue weighted by Crippen LogP contribution is -1.88. The molecule has 0 spiro atoms. The van der Waals surface area contributed by atoms with Gasteiger partial charge in [-0.3, -0.25) is 4.98 Å². The lowest BCUT2D eigenvalue weighted by Gasteiger charge is -1.95. The Bertz CT molecular complexity index is 217. The lowest BCUT2D eigenvalue weighted by atomic mass is 10.3. The second-order valence-electron chi connectivity index (χ2n) is 1.90. The van der Waals surface area contributed by atoms with Gasteiger partial charge in [-0.1, -0.05) is 27.5 Å². The van der Waals surface area contributed by atoms with Crippen molar-refractivity contribution < 1.29 is 0 Å². The fraction of sp³-hybridized carbons (Fsp3) is 0.286. The summed E-state index contributed by atoms with van der Waals surface area (Å²) in [6.07, 6.45) is 2.65. The Kier molecular flexibility index (Phi) is 6.19. The summed E-state index contributed by atoms with van der Waals surface area (Å²) in [5.74, 6) is 0. The van der Waals surface area contributed by atoms with Gasteiger partial charge in [-0.2, -0.15) is 0 Å². The van der Waals surface area contributed by atoms with E-state index in [1.165, 1.54) is 0 Å². The number of pyridine rings is 1. The molecule has 0 aliphatic rings. The Morgan fingerprint density at radius 2 is 2.27 bits per heavy atom. The first-order chi connectivity index (χ1) is 4.83. The van der Waals surface area contributed by atoms with Gasteiger partial charge in [0.15, 0.2) is 0 Å². The zero-order valence-corrected chi connectivity index (χ0v) is 9.81. The van der Waals surface area contributed by atoms with Gasteiger partial charge in [-0.05, 0) is 18.6 Å². The van der Waals surface area contributed by atoms with Crippen LogP contribution in [0.25, 0.3) is 0 Å². The molecule has 0 aromatic carbocycles. The number of hydrogen-bond acceptors (Lipinski definition) is 1. The fourth-order valence-corrected chi connectivity index (χ4v) is 1.27. The first-order valence-corrected chi connectivity index (χ1v) is 4.49. The summed E-state index contributed by atoms with van der Waals surface area (Å²) in [7, 11) is 0. The number of aryl methyl sites for hydroxylation is 1. The van der Waals surface area contributed by atoms with Gasteiger partial charge in [-0.15, -0.1) is 17.0 Å². The van der Waals surface area contributed by atoms with E-state index >= 15 is 0 Å². The molecule has 0 radical (unpaired) electrons. The summed E-state index contributed by atoms with van der Waals surface area (Å²) in [5.41, 5.74) is 1.03. The van der Waals surface area contributed by atoms with E-state index < -0.39 is 0 Å². The average Bonchev–Trinajstić information content (AvgIpc) is 1.88. The van der Waals surface area contributed by atoms with Crippen LogP contribution in [0.2, 0.25) is 5.02 Å². The van der Waals surface area contributed by atoms with Gasteiger partial charge in [0.25, 0.3) is 0 Å². The van der Waals surface area contributed by atoms with Crippen molar-refractivity contribution in [1.82, 2.24) is 4.98 Å². The Morgan fingerprint density at radius 1 is 1.55 bits per heavy atom. The molecule has 0 bridgehead atoms. The molecule has 0 saturated carbocycles. The largest absolute Gasteiger partial charge is 0.261 e. The molecule has 0 fully saturated rings. The third-order valence-electron chi connectivity index (χ3n) is 1.13. The maximum atomic E-state index is 5.73. The van der Waals surface area contributed by atoms with Gasteiger partial charge >= 0.3 is 0 Å². The Balaban J connectivity index is 0.000001000. The topological polar surface area (TPSA) is 12.9 Å². The van der Waals surface area contributed by atoms with Crippen LogP contribution in [0.1, 0.15) is 5.69 Å². The van der Waals surface area contributed by atoms with Gasteiger partial charge in [-0.25, -0.2) is 0 Å². The minimum atomic E-state index is 0. The van der Waals surface area contributed by atoms with E-state index in [1.54, 1.807) is 12.3 Å². The number of hydrogen-bond donors (Lipinski definition) is 0. The van der Waals surface area contributed by atoms with Crippen LogP contribution in [0.5, 0.6) is 0 Å². The third kappa shape index (κ3) is 4.09. The van der Waals surface area contributed by atoms with Crippen LogP contribution in [0.15, 0.2) is 18.3 Å². The van der Waals surface area contributed by atoms with Gasteiger partial charge in [0.05, 0.1) is 0 Å². The molecule has 1 aromatic rings. The van der Waals surface area contributed by atoms with Crippen LogP contribution in [0.3, 0.4) is 0 Å². The SMILES string of the molecule is Br.Clc1ccnc(CCBr)c1. The molecule has 4 heteroatoms. The zero-order valence-electron chi connectivity index (χ0n) is 5.76. The van der Waals surface area contributed by atoms with Crippen LogP contribution in [-0.2, 0) is 6.42 Å². The number of rotatable bonds is 2. The summed E-state index contributed by atoms with van der Waals surface area (Å²) in [5, 5.41) is 1.69. The fourth-order valence-electron chi connectivity index (χ4n) is 0.682. The summed E-state index contributed by atoms with van der Waals surface area (Å²) in [6, 6.07) is 3.65. The molecule has 0 saturated heterocycles. The molecule has 1 nitrogen and oxygen atoms in total. The summed E-state index contributed by atoms with van der Waals surface area (Å²) in [4.78, 5) is 4.11. The molecule has 0 N–H and O–H groups in total. The van der Waals surface area contributed by atoms with Crippen molar-refractivity contribution in [2.75, 3.05) is 5.33 Å². The van der Waals surface area contributed by atoms with Crippen molar-refractivity contribution in [1.29, 1.82) is 0 Å². The molecular formula is C7H8Br2ClN. The summed E-state index contributed by atoms with van der Waals surface area (Å²) >= 11 is 9.05. The molecule has 1 rings (SSSR count). The molecular weight excluding hydrogens is 293 g/mol. The van der Waals surface area contributed by atoms with Crippen molar-refractivity contribution in [3.05, 3.63) is 29.0 Å². The average molecular weight is 301 g/mol. The minimum absolute atomic E-state index is 0. The molecule has 0 aliphatic carbocycles. The smallest absolute Gasteiger partial charge is 0.0439 e. The zero-order chi connectivity index (χ0) is 7.40. The number of alkyl halides is 1. The highest BCUT2D eigenvalue weighted by Gasteiger charge is 1.92. The van der Waals surface area contributed by atoms with E-state index in [9.17, 15) is 0 Å². The van der Waals surface area contributed by atoms with E-state index in [2.05, 4.69) is 20.9 Å². The van der Waals surface area contributed by atoms with Crippen LogP contribution >= 0.6 is 44.5 Å². The van der Waals surface area contributed by atoms with Crippen LogP contribution in [0.4, 0.5) is 0 Å². The van der Waals surface area contributed by atoms with Gasteiger partial charge in [0.2, 0.25) is 0 Å². The number of aromatic nitrogens is 1. The third-order valence-corrected chi connectivity index (χ3v) is 1.76. The van der Waals surface area contributed by atoms with Crippen molar-refractivity contribution in [3.63, 3.8) is 0 Å². The summed E-state index contributed by atoms with van der Waals surface area (Å²) < 4.78 is 0. The van der Waals surface area contributed by atoms with Crippen molar-refractivity contribution in [3.8, 4) is 0 Å². The molecule has 0 amide bonds. The molecule has 0 unspecified atom stereocenters. The second kappa shape index (κ2) is 5.98. The van der Waals surface area contributed by atoms with Gasteiger partial charge < -0.3 is 0 Å². The maximum absolute atomic E-state index is 5.73. The minimum Gasteiger partial charge on any atom is -0.261 e. The Morgan fingerprint density at radius 3 is 2.82 bits per heavy atom. The van der Waals surface area contributed by atoms with E-state index in [0.717, 1.165) is 22.5 Å². The normalized spacial score (nSPS) is 8.91. The Hall–Kier alpha value is 0.400. The van der Waals surface area contributed by atoms with Gasteiger partial charge in [0.1, 0.15) is 0 Å².